The van der Waals surface area contributed by atoms with Gasteiger partial charge in [-0.2, -0.15) is 0 Å². The molecule has 1 unspecified atom stereocenters. The zero-order valence-electron chi connectivity index (χ0n) is 11.3. The third-order valence-electron chi connectivity index (χ3n) is 3.15. The largest absolute Gasteiger partial charge is 0.459 e. The average molecular weight is 335 g/mol. The molecule has 0 saturated carbocycles. The highest BCUT2D eigenvalue weighted by Gasteiger charge is 2.12. The molecular weight excluding hydrogens is 320 g/mol. The number of rotatable bonds is 4. The fourth-order valence-electron chi connectivity index (χ4n) is 2.07. The van der Waals surface area contributed by atoms with Gasteiger partial charge in [-0.3, -0.25) is 5.32 Å². The molecule has 0 saturated heterocycles. The monoisotopic (exact) mass is 334 g/mol. The molecule has 0 bridgehead atoms. The lowest BCUT2D eigenvalue weighted by Gasteiger charge is -2.08. The first-order chi connectivity index (χ1) is 9.61. The predicted molar refractivity (Wildman–Crippen MR) is 80.4 cm³/mol. The molecule has 0 aliphatic rings. The summed E-state index contributed by atoms with van der Waals surface area (Å²) in [5.74, 6) is 2.41. The number of aryl methyl sites for hydroxylation is 1. The van der Waals surface area contributed by atoms with Crippen LogP contribution in [0.5, 0.6) is 0 Å². The zero-order valence-corrected chi connectivity index (χ0v) is 12.9. The first kappa shape index (κ1) is 13.4. The lowest BCUT2D eigenvalue weighted by atomic mass is 10.2. The molecule has 0 fully saturated rings. The zero-order chi connectivity index (χ0) is 14.1. The van der Waals surface area contributed by atoms with Crippen LogP contribution in [0.2, 0.25) is 0 Å². The molecule has 1 atom stereocenters. The average Bonchev–Trinajstić information content (AvgIpc) is 3.01. The van der Waals surface area contributed by atoms with Gasteiger partial charge in [0.05, 0.1) is 18.8 Å². The topological polar surface area (TPSA) is 51.2 Å². The quantitative estimate of drug-likeness (QED) is 0.770. The molecule has 2 heterocycles. The molecule has 1 N–H and O–H groups in total. The van der Waals surface area contributed by atoms with E-state index in [-0.39, 0.29) is 6.04 Å². The normalized spacial score (nSPS) is 12.9. The van der Waals surface area contributed by atoms with Crippen LogP contribution in [0.4, 0.5) is 0 Å². The standard InChI is InChI=1S/C15H15BrN2O2/c1-9-7-18-15(19-9)8-17-10(2)14-6-11-5-12(16)3-4-13(11)20-14/h3-7,10,17H,8H2,1-2H3. The van der Waals surface area contributed by atoms with Gasteiger partial charge in [-0.1, -0.05) is 15.9 Å². The number of hydrogen-bond donors (Lipinski definition) is 1. The van der Waals surface area contributed by atoms with E-state index in [0.29, 0.717) is 12.4 Å². The molecular formula is C15H15BrN2O2. The summed E-state index contributed by atoms with van der Waals surface area (Å²) in [6, 6.07) is 8.13. The van der Waals surface area contributed by atoms with E-state index in [1.54, 1.807) is 6.20 Å². The maximum Gasteiger partial charge on any atom is 0.208 e. The van der Waals surface area contributed by atoms with E-state index in [9.17, 15) is 0 Å². The van der Waals surface area contributed by atoms with Crippen LogP contribution in [0.1, 0.15) is 30.4 Å². The SMILES string of the molecule is Cc1cnc(CNC(C)c2cc3cc(Br)ccc3o2)o1. The third-order valence-corrected chi connectivity index (χ3v) is 3.65. The molecule has 104 valence electrons. The summed E-state index contributed by atoms with van der Waals surface area (Å²) < 4.78 is 12.3. The molecule has 20 heavy (non-hydrogen) atoms. The molecule has 5 heteroatoms. The second-order valence-corrected chi connectivity index (χ2v) is 5.71. The summed E-state index contributed by atoms with van der Waals surface area (Å²) in [5.41, 5.74) is 0.892. The summed E-state index contributed by atoms with van der Waals surface area (Å²) >= 11 is 3.46. The van der Waals surface area contributed by atoms with Gasteiger partial charge in [-0.25, -0.2) is 4.98 Å². The maximum absolute atomic E-state index is 5.84. The first-order valence-electron chi connectivity index (χ1n) is 6.45. The van der Waals surface area contributed by atoms with Crippen LogP contribution < -0.4 is 5.32 Å². The van der Waals surface area contributed by atoms with Crippen LogP contribution in [0.15, 0.2) is 43.8 Å². The first-order valence-corrected chi connectivity index (χ1v) is 7.25. The van der Waals surface area contributed by atoms with E-state index in [1.807, 2.05) is 25.1 Å². The molecule has 0 aliphatic carbocycles. The highest BCUT2D eigenvalue weighted by molar-refractivity contribution is 9.10. The summed E-state index contributed by atoms with van der Waals surface area (Å²) in [6.07, 6.45) is 1.72. The van der Waals surface area contributed by atoms with E-state index in [1.165, 1.54) is 0 Å². The molecule has 1 aromatic carbocycles. The van der Waals surface area contributed by atoms with E-state index >= 15 is 0 Å². The lowest BCUT2D eigenvalue weighted by molar-refractivity contribution is 0.404. The van der Waals surface area contributed by atoms with E-state index in [4.69, 9.17) is 8.83 Å². The van der Waals surface area contributed by atoms with Crippen molar-refractivity contribution in [1.82, 2.24) is 10.3 Å². The summed E-state index contributed by atoms with van der Waals surface area (Å²) in [5, 5.41) is 4.43. The molecule has 0 spiro atoms. The summed E-state index contributed by atoms with van der Waals surface area (Å²) in [6.45, 7) is 4.52. The van der Waals surface area contributed by atoms with Gasteiger partial charge in [0.2, 0.25) is 5.89 Å². The fourth-order valence-corrected chi connectivity index (χ4v) is 2.45. The Kier molecular flexibility index (Phi) is 3.63. The van der Waals surface area contributed by atoms with Crippen molar-refractivity contribution in [3.8, 4) is 0 Å². The van der Waals surface area contributed by atoms with Crippen molar-refractivity contribution in [2.24, 2.45) is 0 Å². The Balaban J connectivity index is 1.73. The lowest BCUT2D eigenvalue weighted by Crippen LogP contribution is -2.17. The van der Waals surface area contributed by atoms with Crippen LogP contribution in [-0.4, -0.2) is 4.98 Å². The smallest absolute Gasteiger partial charge is 0.208 e. The Morgan fingerprint density at radius 1 is 1.30 bits per heavy atom. The Hall–Kier alpha value is -1.59. The van der Waals surface area contributed by atoms with E-state index < -0.39 is 0 Å². The van der Waals surface area contributed by atoms with Crippen molar-refractivity contribution in [2.45, 2.75) is 26.4 Å². The highest BCUT2D eigenvalue weighted by atomic mass is 79.9. The number of benzene rings is 1. The van der Waals surface area contributed by atoms with Crippen molar-refractivity contribution in [1.29, 1.82) is 0 Å². The Bertz CT molecular complexity index is 732. The molecule has 0 amide bonds. The molecule has 0 aliphatic heterocycles. The number of hydrogen-bond acceptors (Lipinski definition) is 4. The molecule has 4 nitrogen and oxygen atoms in total. The molecule has 3 rings (SSSR count). The van der Waals surface area contributed by atoms with Crippen molar-refractivity contribution in [3.05, 3.63) is 52.3 Å². The van der Waals surface area contributed by atoms with Gasteiger partial charge >= 0.3 is 0 Å². The van der Waals surface area contributed by atoms with Crippen LogP contribution in [-0.2, 0) is 6.54 Å². The number of oxazole rings is 1. The van der Waals surface area contributed by atoms with Gasteiger partial charge < -0.3 is 8.83 Å². The number of fused-ring (bicyclic) bond motifs is 1. The Labute approximate surface area is 125 Å². The van der Waals surface area contributed by atoms with Crippen molar-refractivity contribution in [3.63, 3.8) is 0 Å². The van der Waals surface area contributed by atoms with Crippen LogP contribution in [0.25, 0.3) is 11.0 Å². The van der Waals surface area contributed by atoms with Crippen molar-refractivity contribution < 1.29 is 8.83 Å². The van der Waals surface area contributed by atoms with Gasteiger partial charge in [-0.05, 0) is 38.1 Å². The fraction of sp³-hybridized carbons (Fsp3) is 0.267. The number of halogens is 1. The highest BCUT2D eigenvalue weighted by Crippen LogP contribution is 2.26. The van der Waals surface area contributed by atoms with Crippen LogP contribution >= 0.6 is 15.9 Å². The minimum absolute atomic E-state index is 0.0911. The number of furan rings is 1. The maximum atomic E-state index is 5.84. The second-order valence-electron chi connectivity index (χ2n) is 4.80. The summed E-state index contributed by atoms with van der Waals surface area (Å²) in [7, 11) is 0. The van der Waals surface area contributed by atoms with Gasteiger partial charge in [0, 0.05) is 9.86 Å². The van der Waals surface area contributed by atoms with Crippen molar-refractivity contribution >= 4 is 26.9 Å². The van der Waals surface area contributed by atoms with Crippen molar-refractivity contribution in [2.75, 3.05) is 0 Å². The van der Waals surface area contributed by atoms with Crippen LogP contribution in [0.3, 0.4) is 0 Å². The van der Waals surface area contributed by atoms with Gasteiger partial charge in [0.1, 0.15) is 17.1 Å². The third kappa shape index (κ3) is 2.78. The Morgan fingerprint density at radius 3 is 2.90 bits per heavy atom. The van der Waals surface area contributed by atoms with E-state index in [2.05, 4.69) is 39.2 Å². The predicted octanol–water partition coefficient (Wildman–Crippen LogP) is 4.34. The van der Waals surface area contributed by atoms with Gasteiger partial charge in [0.25, 0.3) is 0 Å². The molecule has 2 aromatic heterocycles. The second kappa shape index (κ2) is 5.42. The number of aromatic nitrogens is 1. The Morgan fingerprint density at radius 2 is 2.15 bits per heavy atom. The minimum Gasteiger partial charge on any atom is -0.459 e. The van der Waals surface area contributed by atoms with Gasteiger partial charge in [-0.15, -0.1) is 0 Å². The number of nitrogens with zero attached hydrogens (tertiary/aromatic N) is 1. The summed E-state index contributed by atoms with van der Waals surface area (Å²) in [4.78, 5) is 4.17. The van der Waals surface area contributed by atoms with Gasteiger partial charge in [0.15, 0.2) is 0 Å². The molecule has 3 aromatic rings. The van der Waals surface area contributed by atoms with Crippen LogP contribution in [0, 0.1) is 6.92 Å². The van der Waals surface area contributed by atoms with E-state index in [0.717, 1.165) is 27.0 Å². The minimum atomic E-state index is 0.0911. The number of nitrogens with one attached hydrogen (secondary N) is 1. The molecule has 0 radical (unpaired) electrons.